The number of aromatic nitrogens is 1. The van der Waals surface area contributed by atoms with Gasteiger partial charge in [0.25, 0.3) is 0 Å². The zero-order valence-corrected chi connectivity index (χ0v) is 12.4. The quantitative estimate of drug-likeness (QED) is 0.835. The predicted octanol–water partition coefficient (Wildman–Crippen LogP) is 4.31. The van der Waals surface area contributed by atoms with Crippen LogP contribution in [0.4, 0.5) is 0 Å². The second-order valence-corrected chi connectivity index (χ2v) is 5.92. The summed E-state index contributed by atoms with van der Waals surface area (Å²) in [4.78, 5) is 5.24. The zero-order valence-electron chi connectivity index (χ0n) is 10.8. The lowest BCUT2D eigenvalue weighted by Crippen LogP contribution is -2.25. The van der Waals surface area contributed by atoms with Gasteiger partial charge in [0.05, 0.1) is 10.3 Å². The molecule has 2 N–H and O–H groups in total. The lowest BCUT2D eigenvalue weighted by atomic mass is 10.1. The fraction of sp³-hybridized carbons (Fsp3) is 0.267. The molecule has 100 valence electrons. The van der Waals surface area contributed by atoms with E-state index in [1.807, 2.05) is 36.5 Å². The van der Waals surface area contributed by atoms with Gasteiger partial charge in [-0.1, -0.05) is 36.7 Å². The molecule has 0 aliphatic carbocycles. The van der Waals surface area contributed by atoms with Crippen molar-refractivity contribution in [3.63, 3.8) is 0 Å². The van der Waals surface area contributed by atoms with Crippen molar-refractivity contribution in [3.05, 3.63) is 59.4 Å². The standard InChI is InChI=1S/C15H17ClN2S/c1-2-13(17)15(11-6-5-9-18-10-11)19-14-8-4-3-7-12(14)16/h3-10,13,15H,2,17H2,1H3. The summed E-state index contributed by atoms with van der Waals surface area (Å²) in [6, 6.07) is 11.9. The Morgan fingerprint density at radius 2 is 2.05 bits per heavy atom. The minimum atomic E-state index is 0.0745. The normalized spacial score (nSPS) is 14.1. The average Bonchev–Trinajstić information content (AvgIpc) is 2.46. The molecule has 0 bridgehead atoms. The molecule has 0 saturated heterocycles. The number of thioether (sulfide) groups is 1. The summed E-state index contributed by atoms with van der Waals surface area (Å²) in [6.07, 6.45) is 4.57. The van der Waals surface area contributed by atoms with Gasteiger partial charge in [-0.3, -0.25) is 4.98 Å². The molecule has 0 spiro atoms. The Hall–Kier alpha value is -1.03. The maximum atomic E-state index is 6.26. The van der Waals surface area contributed by atoms with E-state index in [4.69, 9.17) is 17.3 Å². The molecule has 1 aromatic carbocycles. The summed E-state index contributed by atoms with van der Waals surface area (Å²) < 4.78 is 0. The number of hydrogen-bond donors (Lipinski definition) is 1. The lowest BCUT2D eigenvalue weighted by Gasteiger charge is -2.23. The highest BCUT2D eigenvalue weighted by Gasteiger charge is 2.20. The van der Waals surface area contributed by atoms with Gasteiger partial charge in [-0.15, -0.1) is 11.8 Å². The molecule has 19 heavy (non-hydrogen) atoms. The first kappa shape index (κ1) is 14.4. The van der Waals surface area contributed by atoms with Crippen molar-refractivity contribution in [2.45, 2.75) is 29.5 Å². The first-order valence-corrected chi connectivity index (χ1v) is 7.54. The van der Waals surface area contributed by atoms with Crippen LogP contribution in [-0.2, 0) is 0 Å². The molecule has 0 radical (unpaired) electrons. The minimum absolute atomic E-state index is 0.0745. The molecule has 0 saturated carbocycles. The van der Waals surface area contributed by atoms with Crippen molar-refractivity contribution in [3.8, 4) is 0 Å². The number of rotatable bonds is 5. The van der Waals surface area contributed by atoms with Gasteiger partial charge in [0.15, 0.2) is 0 Å². The van der Waals surface area contributed by atoms with Crippen LogP contribution in [0.2, 0.25) is 5.02 Å². The Bertz CT molecular complexity index is 519. The Morgan fingerprint density at radius 1 is 1.26 bits per heavy atom. The number of pyridine rings is 1. The third kappa shape index (κ3) is 3.72. The first-order valence-electron chi connectivity index (χ1n) is 6.29. The summed E-state index contributed by atoms with van der Waals surface area (Å²) in [7, 11) is 0. The van der Waals surface area contributed by atoms with E-state index in [1.54, 1.807) is 18.0 Å². The van der Waals surface area contributed by atoms with Crippen LogP contribution in [0.15, 0.2) is 53.7 Å². The molecule has 2 unspecified atom stereocenters. The van der Waals surface area contributed by atoms with E-state index in [-0.39, 0.29) is 11.3 Å². The third-order valence-electron chi connectivity index (χ3n) is 2.96. The second-order valence-electron chi connectivity index (χ2n) is 4.33. The van der Waals surface area contributed by atoms with Gasteiger partial charge in [0, 0.05) is 23.3 Å². The smallest absolute Gasteiger partial charge is 0.0542 e. The number of halogens is 1. The number of benzene rings is 1. The van der Waals surface area contributed by atoms with Crippen LogP contribution in [0.1, 0.15) is 24.2 Å². The molecule has 0 fully saturated rings. The Morgan fingerprint density at radius 3 is 2.68 bits per heavy atom. The molecule has 4 heteroatoms. The second kappa shape index (κ2) is 6.94. The summed E-state index contributed by atoms with van der Waals surface area (Å²) in [5.74, 6) is 0. The Balaban J connectivity index is 2.27. The summed E-state index contributed by atoms with van der Waals surface area (Å²) in [6.45, 7) is 2.10. The number of nitrogens with zero attached hydrogens (tertiary/aromatic N) is 1. The van der Waals surface area contributed by atoms with E-state index in [9.17, 15) is 0 Å². The van der Waals surface area contributed by atoms with Crippen molar-refractivity contribution < 1.29 is 0 Å². The van der Waals surface area contributed by atoms with Crippen LogP contribution in [0.25, 0.3) is 0 Å². The molecule has 2 atom stereocenters. The van der Waals surface area contributed by atoms with Crippen molar-refractivity contribution in [1.82, 2.24) is 4.98 Å². The molecule has 1 heterocycles. The van der Waals surface area contributed by atoms with E-state index < -0.39 is 0 Å². The fourth-order valence-electron chi connectivity index (χ4n) is 1.84. The highest BCUT2D eigenvalue weighted by Crippen LogP contribution is 2.40. The van der Waals surface area contributed by atoms with Crippen LogP contribution in [0.5, 0.6) is 0 Å². The minimum Gasteiger partial charge on any atom is -0.326 e. The predicted molar refractivity (Wildman–Crippen MR) is 82.6 cm³/mol. The molecule has 0 amide bonds. The van der Waals surface area contributed by atoms with Gasteiger partial charge >= 0.3 is 0 Å². The number of hydrogen-bond acceptors (Lipinski definition) is 3. The van der Waals surface area contributed by atoms with Gasteiger partial charge in [-0.25, -0.2) is 0 Å². The molecule has 2 aromatic rings. The van der Waals surface area contributed by atoms with Crippen molar-refractivity contribution in [2.75, 3.05) is 0 Å². The number of nitrogens with two attached hydrogens (primary N) is 1. The largest absolute Gasteiger partial charge is 0.326 e. The third-order valence-corrected chi connectivity index (χ3v) is 4.89. The highest BCUT2D eigenvalue weighted by molar-refractivity contribution is 7.99. The van der Waals surface area contributed by atoms with Crippen molar-refractivity contribution >= 4 is 23.4 Å². The van der Waals surface area contributed by atoms with E-state index in [1.165, 1.54) is 0 Å². The van der Waals surface area contributed by atoms with Gasteiger partial charge in [-0.05, 0) is 30.2 Å². The van der Waals surface area contributed by atoms with Crippen LogP contribution in [0.3, 0.4) is 0 Å². The molecular weight excluding hydrogens is 276 g/mol. The first-order chi connectivity index (χ1) is 9.22. The van der Waals surface area contributed by atoms with E-state index >= 15 is 0 Å². The molecular formula is C15H17ClN2S. The van der Waals surface area contributed by atoms with Gasteiger partial charge < -0.3 is 5.73 Å². The van der Waals surface area contributed by atoms with Crippen LogP contribution in [0, 0.1) is 0 Å². The fourth-order valence-corrected chi connectivity index (χ4v) is 3.36. The summed E-state index contributed by atoms with van der Waals surface area (Å²) >= 11 is 7.93. The topological polar surface area (TPSA) is 38.9 Å². The average molecular weight is 293 g/mol. The maximum Gasteiger partial charge on any atom is 0.0542 e. The van der Waals surface area contributed by atoms with E-state index in [0.29, 0.717) is 0 Å². The van der Waals surface area contributed by atoms with E-state index in [0.717, 1.165) is 21.9 Å². The van der Waals surface area contributed by atoms with Crippen molar-refractivity contribution in [1.29, 1.82) is 0 Å². The van der Waals surface area contributed by atoms with Gasteiger partial charge in [-0.2, -0.15) is 0 Å². The SMILES string of the molecule is CCC(N)C(Sc1ccccc1Cl)c1cccnc1. The lowest BCUT2D eigenvalue weighted by molar-refractivity contribution is 0.633. The highest BCUT2D eigenvalue weighted by atomic mass is 35.5. The monoisotopic (exact) mass is 292 g/mol. The maximum absolute atomic E-state index is 6.26. The van der Waals surface area contributed by atoms with E-state index in [2.05, 4.69) is 18.0 Å². The Kier molecular flexibility index (Phi) is 5.25. The van der Waals surface area contributed by atoms with Crippen LogP contribution in [-0.4, -0.2) is 11.0 Å². The molecule has 0 aliphatic rings. The molecule has 1 aromatic heterocycles. The van der Waals surface area contributed by atoms with Crippen LogP contribution < -0.4 is 5.73 Å². The zero-order chi connectivity index (χ0) is 13.7. The van der Waals surface area contributed by atoms with Crippen molar-refractivity contribution in [2.24, 2.45) is 5.73 Å². The summed E-state index contributed by atoms with van der Waals surface area (Å²) in [5.41, 5.74) is 7.40. The molecule has 2 nitrogen and oxygen atoms in total. The Labute approximate surface area is 123 Å². The molecule has 2 rings (SSSR count). The van der Waals surface area contributed by atoms with Gasteiger partial charge in [0.1, 0.15) is 0 Å². The molecule has 0 aliphatic heterocycles. The summed E-state index contributed by atoms with van der Waals surface area (Å²) in [5, 5.41) is 0.934. The van der Waals surface area contributed by atoms with Gasteiger partial charge in [0.2, 0.25) is 0 Å². The van der Waals surface area contributed by atoms with Crippen LogP contribution >= 0.6 is 23.4 Å².